The number of likely N-dealkylation sites (tertiary alicyclic amines) is 1. The molecule has 0 saturated carbocycles. The topological polar surface area (TPSA) is 3.24 Å². The van der Waals surface area contributed by atoms with Crippen molar-refractivity contribution in [3.05, 3.63) is 33.4 Å². The summed E-state index contributed by atoms with van der Waals surface area (Å²) in [7, 11) is 0. The highest BCUT2D eigenvalue weighted by molar-refractivity contribution is 14.1. The molecule has 0 bridgehead atoms. The second kappa shape index (κ2) is 5.05. The second-order valence-electron chi connectivity index (χ2n) is 5.57. The van der Waals surface area contributed by atoms with Crippen molar-refractivity contribution in [1.29, 1.82) is 0 Å². The Morgan fingerprint density at radius 1 is 1.12 bits per heavy atom. The Morgan fingerprint density at radius 2 is 1.69 bits per heavy atom. The fraction of sp³-hybridized carbons (Fsp3) is 0.571. The van der Waals surface area contributed by atoms with Gasteiger partial charge in [-0.1, -0.05) is 26.0 Å². The van der Waals surface area contributed by atoms with Gasteiger partial charge in [0.25, 0.3) is 0 Å². The number of hydrogen-bond acceptors (Lipinski definition) is 1. The van der Waals surface area contributed by atoms with Crippen molar-refractivity contribution < 1.29 is 0 Å². The molecule has 88 valence electrons. The number of benzene rings is 1. The number of rotatable bonds is 2. The first-order valence-corrected chi connectivity index (χ1v) is 7.10. The summed E-state index contributed by atoms with van der Waals surface area (Å²) < 4.78 is 1.32. The van der Waals surface area contributed by atoms with Crippen LogP contribution in [-0.4, -0.2) is 18.0 Å². The van der Waals surface area contributed by atoms with Gasteiger partial charge in [-0.05, 0) is 71.6 Å². The van der Waals surface area contributed by atoms with E-state index in [0.29, 0.717) is 5.41 Å². The van der Waals surface area contributed by atoms with Gasteiger partial charge in [-0.25, -0.2) is 0 Å². The Morgan fingerprint density at radius 3 is 2.25 bits per heavy atom. The number of halogens is 1. The van der Waals surface area contributed by atoms with Crippen LogP contribution < -0.4 is 0 Å². The van der Waals surface area contributed by atoms with Gasteiger partial charge in [0, 0.05) is 10.1 Å². The van der Waals surface area contributed by atoms with Gasteiger partial charge >= 0.3 is 0 Å². The van der Waals surface area contributed by atoms with E-state index in [1.54, 1.807) is 0 Å². The average molecular weight is 329 g/mol. The van der Waals surface area contributed by atoms with Crippen molar-refractivity contribution in [2.45, 2.75) is 33.2 Å². The molecule has 0 N–H and O–H groups in total. The van der Waals surface area contributed by atoms with Crippen LogP contribution in [-0.2, 0) is 6.54 Å². The minimum atomic E-state index is 0.558. The lowest BCUT2D eigenvalue weighted by atomic mass is 9.82. The lowest BCUT2D eigenvalue weighted by Crippen LogP contribution is -2.36. The second-order valence-corrected chi connectivity index (χ2v) is 6.81. The molecular weight excluding hydrogens is 309 g/mol. The van der Waals surface area contributed by atoms with Crippen LogP contribution in [0.25, 0.3) is 0 Å². The van der Waals surface area contributed by atoms with Crippen molar-refractivity contribution in [3.8, 4) is 0 Å². The van der Waals surface area contributed by atoms with Crippen LogP contribution in [0.5, 0.6) is 0 Å². The molecule has 0 atom stereocenters. The molecule has 1 fully saturated rings. The lowest BCUT2D eigenvalue weighted by Gasteiger charge is -2.36. The van der Waals surface area contributed by atoms with E-state index in [9.17, 15) is 0 Å². The quantitative estimate of drug-likeness (QED) is 0.744. The molecule has 0 spiro atoms. The van der Waals surface area contributed by atoms with Gasteiger partial charge in [0.05, 0.1) is 0 Å². The molecule has 0 unspecified atom stereocenters. The third kappa shape index (κ3) is 3.45. The van der Waals surface area contributed by atoms with Crippen molar-refractivity contribution in [3.63, 3.8) is 0 Å². The zero-order valence-electron chi connectivity index (χ0n) is 10.2. The number of piperidine rings is 1. The first kappa shape index (κ1) is 12.4. The lowest BCUT2D eigenvalue weighted by molar-refractivity contribution is 0.127. The zero-order chi connectivity index (χ0) is 11.6. The summed E-state index contributed by atoms with van der Waals surface area (Å²) in [6, 6.07) is 8.90. The number of nitrogens with zero attached hydrogens (tertiary/aromatic N) is 1. The van der Waals surface area contributed by atoms with Gasteiger partial charge in [0.1, 0.15) is 0 Å². The molecule has 2 rings (SSSR count). The molecule has 1 aliphatic rings. The number of hydrogen-bond donors (Lipinski definition) is 0. The van der Waals surface area contributed by atoms with Crippen LogP contribution in [0.2, 0.25) is 0 Å². The molecule has 1 aliphatic heterocycles. The Bertz CT molecular complexity index is 332. The van der Waals surface area contributed by atoms with Gasteiger partial charge in [-0.3, -0.25) is 4.90 Å². The maximum absolute atomic E-state index is 2.58. The standard InChI is InChI=1S/C14H20IN/c1-14(2)7-9-16(10-8-14)11-12-3-5-13(15)6-4-12/h3-6H,7-11H2,1-2H3. The predicted molar refractivity (Wildman–Crippen MR) is 77.5 cm³/mol. The molecule has 0 radical (unpaired) electrons. The maximum Gasteiger partial charge on any atom is 0.0233 e. The van der Waals surface area contributed by atoms with E-state index in [2.05, 4.69) is 65.6 Å². The first-order chi connectivity index (χ1) is 7.55. The van der Waals surface area contributed by atoms with Gasteiger partial charge in [0.15, 0.2) is 0 Å². The minimum absolute atomic E-state index is 0.558. The molecule has 1 heterocycles. The predicted octanol–water partition coefficient (Wildman–Crippen LogP) is 3.91. The van der Waals surface area contributed by atoms with Gasteiger partial charge < -0.3 is 0 Å². The van der Waals surface area contributed by atoms with E-state index in [4.69, 9.17) is 0 Å². The summed E-state index contributed by atoms with van der Waals surface area (Å²) in [5.41, 5.74) is 2.00. The Labute approximate surface area is 112 Å². The van der Waals surface area contributed by atoms with E-state index in [-0.39, 0.29) is 0 Å². The molecule has 0 aliphatic carbocycles. The molecule has 1 aromatic carbocycles. The van der Waals surface area contributed by atoms with E-state index in [0.717, 1.165) is 6.54 Å². The SMILES string of the molecule is CC1(C)CCN(Cc2ccc(I)cc2)CC1. The molecule has 0 aromatic heterocycles. The van der Waals surface area contributed by atoms with Gasteiger partial charge in [0.2, 0.25) is 0 Å². The molecule has 1 saturated heterocycles. The highest BCUT2D eigenvalue weighted by Gasteiger charge is 2.24. The maximum atomic E-state index is 2.58. The van der Waals surface area contributed by atoms with Crippen molar-refractivity contribution >= 4 is 22.6 Å². The van der Waals surface area contributed by atoms with E-state index < -0.39 is 0 Å². The van der Waals surface area contributed by atoms with Crippen molar-refractivity contribution in [1.82, 2.24) is 4.90 Å². The summed E-state index contributed by atoms with van der Waals surface area (Å²) in [5.74, 6) is 0. The van der Waals surface area contributed by atoms with Crippen LogP contribution in [0.15, 0.2) is 24.3 Å². The summed E-state index contributed by atoms with van der Waals surface area (Å²) >= 11 is 2.36. The largest absolute Gasteiger partial charge is 0.299 e. The highest BCUT2D eigenvalue weighted by Crippen LogP contribution is 2.30. The fourth-order valence-electron chi connectivity index (χ4n) is 2.16. The average Bonchev–Trinajstić information content (AvgIpc) is 2.24. The van der Waals surface area contributed by atoms with Crippen LogP contribution in [0.1, 0.15) is 32.3 Å². The normalized spacial score (nSPS) is 20.9. The fourth-order valence-corrected chi connectivity index (χ4v) is 2.52. The van der Waals surface area contributed by atoms with E-state index in [1.807, 2.05) is 0 Å². The van der Waals surface area contributed by atoms with E-state index >= 15 is 0 Å². The first-order valence-electron chi connectivity index (χ1n) is 6.02. The van der Waals surface area contributed by atoms with Crippen LogP contribution in [0.3, 0.4) is 0 Å². The molecule has 1 aromatic rings. The smallest absolute Gasteiger partial charge is 0.0233 e. The third-order valence-electron chi connectivity index (χ3n) is 3.53. The summed E-state index contributed by atoms with van der Waals surface area (Å²) in [5, 5.41) is 0. The van der Waals surface area contributed by atoms with E-state index in [1.165, 1.54) is 35.1 Å². The summed E-state index contributed by atoms with van der Waals surface area (Å²) in [6.45, 7) is 8.38. The molecule has 16 heavy (non-hydrogen) atoms. The Hall–Kier alpha value is -0.0900. The Kier molecular flexibility index (Phi) is 3.90. The van der Waals surface area contributed by atoms with Crippen molar-refractivity contribution in [2.75, 3.05) is 13.1 Å². The molecule has 0 amide bonds. The van der Waals surface area contributed by atoms with Gasteiger partial charge in [-0.2, -0.15) is 0 Å². The third-order valence-corrected chi connectivity index (χ3v) is 4.25. The van der Waals surface area contributed by atoms with Crippen molar-refractivity contribution in [2.24, 2.45) is 5.41 Å². The van der Waals surface area contributed by atoms with Gasteiger partial charge in [-0.15, -0.1) is 0 Å². The summed E-state index contributed by atoms with van der Waals surface area (Å²) in [4.78, 5) is 2.58. The van der Waals surface area contributed by atoms with Crippen LogP contribution in [0, 0.1) is 8.99 Å². The monoisotopic (exact) mass is 329 g/mol. The van der Waals surface area contributed by atoms with Crippen LogP contribution >= 0.6 is 22.6 Å². The highest BCUT2D eigenvalue weighted by atomic mass is 127. The summed E-state index contributed by atoms with van der Waals surface area (Å²) in [6.07, 6.45) is 2.66. The molecule has 1 nitrogen and oxygen atoms in total. The van der Waals surface area contributed by atoms with Crippen LogP contribution in [0.4, 0.5) is 0 Å². The molecule has 2 heteroatoms. The minimum Gasteiger partial charge on any atom is -0.299 e. The zero-order valence-corrected chi connectivity index (χ0v) is 12.3. The Balaban J connectivity index is 1.89. The molecular formula is C14H20IN.